The van der Waals surface area contributed by atoms with E-state index in [9.17, 15) is 9.59 Å². The second-order valence-corrected chi connectivity index (χ2v) is 5.74. The first-order valence-electron chi connectivity index (χ1n) is 8.55. The Morgan fingerprint density at radius 3 is 1.90 bits per heavy atom. The number of unbranched alkanes of at least 4 members (excludes halogenated alkanes) is 9. The van der Waals surface area contributed by atoms with E-state index in [2.05, 4.69) is 19.1 Å². The molecule has 0 rings (SSSR count). The fraction of sp³-hybridized carbons (Fsp3) is 0.778. The maximum atomic E-state index is 11.2. The highest BCUT2D eigenvalue weighted by Gasteiger charge is 2.06. The van der Waals surface area contributed by atoms with Crippen LogP contribution >= 0.6 is 0 Å². The molecule has 21 heavy (non-hydrogen) atoms. The molecule has 0 radical (unpaired) electrons. The molecule has 0 aliphatic rings. The summed E-state index contributed by atoms with van der Waals surface area (Å²) < 4.78 is 0. The molecule has 0 aliphatic heterocycles. The standard InChI is InChI=1S/C18H32O3/c1-2-3-4-5-6-7-8-9-10-11-12-13-14-15-17(19)16-18(20)21/h9-10H,2-8,11-16H2,1H3,(H,20,21). The molecule has 3 heteroatoms. The summed E-state index contributed by atoms with van der Waals surface area (Å²) in [5.74, 6) is -1.17. The van der Waals surface area contributed by atoms with Crippen molar-refractivity contribution in [2.45, 2.75) is 90.4 Å². The number of carboxylic acid groups (broad SMARTS) is 1. The van der Waals surface area contributed by atoms with Gasteiger partial charge in [-0.05, 0) is 32.1 Å². The van der Waals surface area contributed by atoms with E-state index in [1.54, 1.807) is 0 Å². The Balaban J connectivity index is 3.22. The number of hydrogen-bond donors (Lipinski definition) is 1. The molecule has 122 valence electrons. The zero-order valence-corrected chi connectivity index (χ0v) is 13.6. The van der Waals surface area contributed by atoms with E-state index in [0.29, 0.717) is 6.42 Å². The Kier molecular flexibility index (Phi) is 14.5. The summed E-state index contributed by atoms with van der Waals surface area (Å²) in [6, 6.07) is 0. The molecule has 0 aromatic rings. The van der Waals surface area contributed by atoms with E-state index in [-0.39, 0.29) is 12.2 Å². The van der Waals surface area contributed by atoms with E-state index >= 15 is 0 Å². The molecule has 0 aliphatic carbocycles. The third-order valence-electron chi connectivity index (χ3n) is 3.57. The Morgan fingerprint density at radius 1 is 0.810 bits per heavy atom. The minimum Gasteiger partial charge on any atom is -0.481 e. The molecule has 0 amide bonds. The highest BCUT2D eigenvalue weighted by Crippen LogP contribution is 2.09. The lowest BCUT2D eigenvalue weighted by molar-refractivity contribution is -0.140. The van der Waals surface area contributed by atoms with Crippen LogP contribution in [0.5, 0.6) is 0 Å². The van der Waals surface area contributed by atoms with Gasteiger partial charge in [0.05, 0.1) is 0 Å². The first-order valence-corrected chi connectivity index (χ1v) is 8.55. The molecular formula is C18H32O3. The van der Waals surface area contributed by atoms with E-state index < -0.39 is 5.97 Å². The van der Waals surface area contributed by atoms with Gasteiger partial charge >= 0.3 is 5.97 Å². The maximum absolute atomic E-state index is 11.2. The summed E-state index contributed by atoms with van der Waals surface area (Å²) in [6.07, 6.45) is 17.8. The minimum absolute atomic E-state index is 0.152. The summed E-state index contributed by atoms with van der Waals surface area (Å²) in [4.78, 5) is 21.5. The van der Waals surface area contributed by atoms with E-state index in [0.717, 1.165) is 25.7 Å². The number of ketones is 1. The smallest absolute Gasteiger partial charge is 0.310 e. The van der Waals surface area contributed by atoms with Crippen LogP contribution in [-0.4, -0.2) is 16.9 Å². The summed E-state index contributed by atoms with van der Waals surface area (Å²) >= 11 is 0. The first kappa shape index (κ1) is 19.9. The summed E-state index contributed by atoms with van der Waals surface area (Å²) in [5, 5.41) is 8.46. The van der Waals surface area contributed by atoms with Crippen molar-refractivity contribution >= 4 is 11.8 Å². The highest BCUT2D eigenvalue weighted by molar-refractivity contribution is 5.94. The number of carboxylic acids is 1. The number of hydrogen-bond acceptors (Lipinski definition) is 2. The lowest BCUT2D eigenvalue weighted by atomic mass is 10.1. The SMILES string of the molecule is CCCCCCCCC=CCCCCCC(=O)CC(=O)O. The molecule has 3 nitrogen and oxygen atoms in total. The Bertz CT molecular complexity index is 295. The van der Waals surface area contributed by atoms with Gasteiger partial charge in [-0.3, -0.25) is 9.59 Å². The third kappa shape index (κ3) is 16.8. The van der Waals surface area contributed by atoms with Crippen LogP contribution < -0.4 is 0 Å². The van der Waals surface area contributed by atoms with Gasteiger partial charge in [0.2, 0.25) is 0 Å². The summed E-state index contributed by atoms with van der Waals surface area (Å²) in [7, 11) is 0. The number of carbonyl (C=O) groups is 2. The third-order valence-corrected chi connectivity index (χ3v) is 3.57. The zero-order chi connectivity index (χ0) is 15.8. The van der Waals surface area contributed by atoms with Crippen LogP contribution in [0.25, 0.3) is 0 Å². The van der Waals surface area contributed by atoms with Crippen LogP contribution in [0.4, 0.5) is 0 Å². The second-order valence-electron chi connectivity index (χ2n) is 5.74. The molecule has 0 saturated heterocycles. The maximum Gasteiger partial charge on any atom is 0.310 e. The first-order chi connectivity index (χ1) is 10.2. The highest BCUT2D eigenvalue weighted by atomic mass is 16.4. The van der Waals surface area contributed by atoms with Crippen LogP contribution in [0.15, 0.2) is 12.2 Å². The molecule has 0 aromatic carbocycles. The van der Waals surface area contributed by atoms with Gasteiger partial charge in [-0.15, -0.1) is 0 Å². The summed E-state index contributed by atoms with van der Waals surface area (Å²) in [5.41, 5.74) is 0. The second kappa shape index (κ2) is 15.3. The van der Waals surface area contributed by atoms with Crippen molar-refractivity contribution in [1.82, 2.24) is 0 Å². The van der Waals surface area contributed by atoms with Gasteiger partial charge in [-0.1, -0.05) is 57.6 Å². The van der Waals surface area contributed by atoms with E-state index in [4.69, 9.17) is 5.11 Å². The van der Waals surface area contributed by atoms with Crippen LogP contribution in [0, 0.1) is 0 Å². The van der Waals surface area contributed by atoms with Crippen molar-refractivity contribution in [3.05, 3.63) is 12.2 Å². The Labute approximate surface area is 129 Å². The van der Waals surface area contributed by atoms with E-state index in [1.165, 1.54) is 44.9 Å². The average molecular weight is 296 g/mol. The molecular weight excluding hydrogens is 264 g/mol. The predicted molar refractivity (Wildman–Crippen MR) is 87.5 cm³/mol. The fourth-order valence-corrected chi connectivity index (χ4v) is 2.30. The Hall–Kier alpha value is -1.12. The molecule has 0 bridgehead atoms. The molecule has 0 spiro atoms. The number of Topliss-reactive ketones (excluding diaryl/α,β-unsaturated/α-hetero) is 1. The van der Waals surface area contributed by atoms with Crippen LogP contribution in [0.1, 0.15) is 90.4 Å². The van der Waals surface area contributed by atoms with Crippen molar-refractivity contribution in [2.75, 3.05) is 0 Å². The molecule has 0 saturated carbocycles. The number of rotatable bonds is 15. The van der Waals surface area contributed by atoms with Crippen molar-refractivity contribution in [3.63, 3.8) is 0 Å². The largest absolute Gasteiger partial charge is 0.481 e. The van der Waals surface area contributed by atoms with Crippen LogP contribution in [0.3, 0.4) is 0 Å². The van der Waals surface area contributed by atoms with Gasteiger partial charge in [-0.2, -0.15) is 0 Å². The monoisotopic (exact) mass is 296 g/mol. The van der Waals surface area contributed by atoms with Gasteiger partial charge in [0.1, 0.15) is 12.2 Å². The molecule has 0 fully saturated rings. The summed E-state index contributed by atoms with van der Waals surface area (Å²) in [6.45, 7) is 2.24. The van der Waals surface area contributed by atoms with Crippen molar-refractivity contribution in [1.29, 1.82) is 0 Å². The normalized spacial score (nSPS) is 11.1. The van der Waals surface area contributed by atoms with Crippen molar-refractivity contribution in [2.24, 2.45) is 0 Å². The predicted octanol–water partition coefficient (Wildman–Crippen LogP) is 5.29. The molecule has 1 N–H and O–H groups in total. The van der Waals surface area contributed by atoms with Crippen molar-refractivity contribution in [3.8, 4) is 0 Å². The van der Waals surface area contributed by atoms with Gasteiger partial charge in [-0.25, -0.2) is 0 Å². The number of carbonyl (C=O) groups excluding carboxylic acids is 1. The van der Waals surface area contributed by atoms with Gasteiger partial charge in [0, 0.05) is 6.42 Å². The minimum atomic E-state index is -1.02. The lowest BCUT2D eigenvalue weighted by Crippen LogP contribution is -2.05. The Morgan fingerprint density at radius 2 is 1.33 bits per heavy atom. The molecule has 0 unspecified atom stereocenters. The van der Waals surface area contributed by atoms with Gasteiger partial charge < -0.3 is 5.11 Å². The zero-order valence-electron chi connectivity index (χ0n) is 13.6. The van der Waals surface area contributed by atoms with Crippen LogP contribution in [0.2, 0.25) is 0 Å². The number of aliphatic carboxylic acids is 1. The molecule has 0 aromatic heterocycles. The molecule has 0 heterocycles. The topological polar surface area (TPSA) is 54.4 Å². The van der Waals surface area contributed by atoms with E-state index in [1.807, 2.05) is 0 Å². The van der Waals surface area contributed by atoms with Crippen molar-refractivity contribution < 1.29 is 14.7 Å². The average Bonchev–Trinajstić information content (AvgIpc) is 2.43. The number of allylic oxidation sites excluding steroid dienone is 2. The van der Waals surface area contributed by atoms with Gasteiger partial charge in [0.25, 0.3) is 0 Å². The lowest BCUT2D eigenvalue weighted by Gasteiger charge is -1.99. The van der Waals surface area contributed by atoms with Gasteiger partial charge in [0.15, 0.2) is 0 Å². The fourth-order valence-electron chi connectivity index (χ4n) is 2.30. The van der Waals surface area contributed by atoms with Crippen LogP contribution in [-0.2, 0) is 9.59 Å². The quantitative estimate of drug-likeness (QED) is 0.254. The molecule has 0 atom stereocenters.